The molecule has 0 saturated heterocycles. The second-order valence-electron chi connectivity index (χ2n) is 5.60. The van der Waals surface area contributed by atoms with Crippen LogP contribution >= 0.6 is 11.6 Å². The molecule has 1 atom stereocenters. The maximum atomic E-state index is 5.97. The molecule has 20 heavy (non-hydrogen) atoms. The molecular weight excluding hydrogens is 268 g/mol. The Kier molecular flexibility index (Phi) is 5.09. The number of hydrogen-bond acceptors (Lipinski definition) is 1. The molecule has 0 radical (unpaired) electrons. The molecule has 0 fully saturated rings. The van der Waals surface area contributed by atoms with Gasteiger partial charge in [0.15, 0.2) is 0 Å². The Labute approximate surface area is 127 Å². The summed E-state index contributed by atoms with van der Waals surface area (Å²) in [7, 11) is 0. The van der Waals surface area contributed by atoms with Crippen LogP contribution in [0.3, 0.4) is 0 Å². The second-order valence-corrected chi connectivity index (χ2v) is 5.97. The lowest BCUT2D eigenvalue weighted by Gasteiger charge is -2.25. The second kappa shape index (κ2) is 6.62. The lowest BCUT2D eigenvalue weighted by molar-refractivity contribution is 0.333. The average molecular weight is 293 g/mol. The van der Waals surface area contributed by atoms with Crippen molar-refractivity contribution in [1.82, 2.24) is 9.55 Å². The van der Waals surface area contributed by atoms with Crippen LogP contribution in [0, 0.1) is 12.8 Å². The Balaban J connectivity index is 2.61. The zero-order valence-electron chi connectivity index (χ0n) is 13.0. The van der Waals surface area contributed by atoms with Crippen LogP contribution < -0.4 is 0 Å². The quantitative estimate of drug-likeness (QED) is 0.675. The van der Waals surface area contributed by atoms with Crippen LogP contribution in [-0.4, -0.2) is 15.4 Å². The van der Waals surface area contributed by atoms with Crippen LogP contribution in [0.25, 0.3) is 11.0 Å². The maximum Gasteiger partial charge on any atom is 0.111 e. The monoisotopic (exact) mass is 292 g/mol. The molecule has 3 heteroatoms. The van der Waals surface area contributed by atoms with Gasteiger partial charge in [0, 0.05) is 18.3 Å². The van der Waals surface area contributed by atoms with Gasteiger partial charge in [-0.05, 0) is 31.4 Å². The number of imidazole rings is 1. The number of alkyl halides is 1. The molecule has 2 rings (SSSR count). The maximum absolute atomic E-state index is 5.97. The standard InChI is InChI=1S/C17H25ClN2/c1-5-14(6-2)13(4)20-16(10-11-18)19-15-9-7-8-12(3)17(15)20/h7-9,13-14H,5-6,10-11H2,1-4H3. The molecule has 1 unspecified atom stereocenters. The van der Waals surface area contributed by atoms with E-state index in [2.05, 4.69) is 50.5 Å². The number of aromatic nitrogens is 2. The molecule has 1 heterocycles. The van der Waals surface area contributed by atoms with Crippen LogP contribution in [0.2, 0.25) is 0 Å². The number of aryl methyl sites for hydroxylation is 2. The van der Waals surface area contributed by atoms with E-state index in [1.165, 1.54) is 23.9 Å². The van der Waals surface area contributed by atoms with Gasteiger partial charge in [-0.3, -0.25) is 0 Å². The summed E-state index contributed by atoms with van der Waals surface area (Å²) >= 11 is 5.97. The average Bonchev–Trinajstić information content (AvgIpc) is 2.80. The predicted molar refractivity (Wildman–Crippen MR) is 87.7 cm³/mol. The van der Waals surface area contributed by atoms with Crippen molar-refractivity contribution in [2.24, 2.45) is 5.92 Å². The van der Waals surface area contributed by atoms with Crippen molar-refractivity contribution in [2.75, 3.05) is 5.88 Å². The largest absolute Gasteiger partial charge is 0.325 e. The number of fused-ring (bicyclic) bond motifs is 1. The van der Waals surface area contributed by atoms with Gasteiger partial charge in [-0.1, -0.05) is 38.8 Å². The summed E-state index contributed by atoms with van der Waals surface area (Å²) in [6.07, 6.45) is 3.23. The molecular formula is C17H25ClN2. The first-order valence-corrected chi connectivity index (χ1v) is 8.19. The van der Waals surface area contributed by atoms with Crippen molar-refractivity contribution < 1.29 is 0 Å². The molecule has 0 amide bonds. The highest BCUT2D eigenvalue weighted by Gasteiger charge is 2.21. The van der Waals surface area contributed by atoms with Crippen molar-refractivity contribution in [3.8, 4) is 0 Å². The van der Waals surface area contributed by atoms with Gasteiger partial charge in [-0.2, -0.15) is 0 Å². The first-order valence-electron chi connectivity index (χ1n) is 7.66. The highest BCUT2D eigenvalue weighted by Crippen LogP contribution is 2.31. The van der Waals surface area contributed by atoms with E-state index >= 15 is 0 Å². The third-order valence-corrected chi connectivity index (χ3v) is 4.63. The van der Waals surface area contributed by atoms with Crippen molar-refractivity contribution in [2.45, 2.75) is 53.0 Å². The van der Waals surface area contributed by atoms with E-state index in [4.69, 9.17) is 16.6 Å². The normalized spacial score (nSPS) is 13.3. The van der Waals surface area contributed by atoms with E-state index in [0.29, 0.717) is 17.8 Å². The van der Waals surface area contributed by atoms with E-state index in [1.54, 1.807) is 0 Å². The van der Waals surface area contributed by atoms with E-state index in [0.717, 1.165) is 17.8 Å². The molecule has 0 N–H and O–H groups in total. The first-order chi connectivity index (χ1) is 9.63. The van der Waals surface area contributed by atoms with Crippen LogP contribution in [0.1, 0.15) is 51.0 Å². The molecule has 1 aromatic carbocycles. The number of para-hydroxylation sites is 1. The van der Waals surface area contributed by atoms with Gasteiger partial charge in [0.1, 0.15) is 5.82 Å². The van der Waals surface area contributed by atoms with Crippen molar-refractivity contribution in [3.63, 3.8) is 0 Å². The van der Waals surface area contributed by atoms with Gasteiger partial charge in [-0.25, -0.2) is 4.98 Å². The summed E-state index contributed by atoms with van der Waals surface area (Å²) in [5.41, 5.74) is 3.68. The van der Waals surface area contributed by atoms with Gasteiger partial charge in [0.25, 0.3) is 0 Å². The molecule has 0 aliphatic carbocycles. The topological polar surface area (TPSA) is 17.8 Å². The number of rotatable bonds is 6. The molecule has 0 aliphatic heterocycles. The van der Waals surface area contributed by atoms with Gasteiger partial charge >= 0.3 is 0 Å². The minimum atomic E-state index is 0.467. The highest BCUT2D eigenvalue weighted by atomic mass is 35.5. The Morgan fingerprint density at radius 1 is 1.25 bits per heavy atom. The molecule has 110 valence electrons. The summed E-state index contributed by atoms with van der Waals surface area (Å²) in [6.45, 7) is 9.04. The fraction of sp³-hybridized carbons (Fsp3) is 0.588. The van der Waals surface area contributed by atoms with Gasteiger partial charge < -0.3 is 4.57 Å². The lowest BCUT2D eigenvalue weighted by Crippen LogP contribution is -2.18. The number of benzene rings is 1. The molecule has 0 saturated carbocycles. The highest BCUT2D eigenvalue weighted by molar-refractivity contribution is 6.17. The minimum absolute atomic E-state index is 0.467. The van der Waals surface area contributed by atoms with Gasteiger partial charge in [0.05, 0.1) is 11.0 Å². The third-order valence-electron chi connectivity index (χ3n) is 4.44. The smallest absolute Gasteiger partial charge is 0.111 e. The van der Waals surface area contributed by atoms with Crippen LogP contribution in [0.15, 0.2) is 18.2 Å². The van der Waals surface area contributed by atoms with Gasteiger partial charge in [-0.15, -0.1) is 11.6 Å². The molecule has 0 spiro atoms. The predicted octanol–water partition coefficient (Wildman–Crippen LogP) is 5.12. The summed E-state index contributed by atoms with van der Waals surface area (Å²) in [5, 5.41) is 0. The fourth-order valence-electron chi connectivity index (χ4n) is 3.25. The Morgan fingerprint density at radius 3 is 2.55 bits per heavy atom. The summed E-state index contributed by atoms with van der Waals surface area (Å²) in [5.74, 6) is 2.43. The molecule has 1 aromatic heterocycles. The van der Waals surface area contributed by atoms with E-state index in [1.807, 2.05) is 0 Å². The Morgan fingerprint density at radius 2 is 1.95 bits per heavy atom. The number of halogens is 1. The summed E-state index contributed by atoms with van der Waals surface area (Å²) in [6, 6.07) is 6.83. The number of nitrogens with zero attached hydrogens (tertiary/aromatic N) is 2. The Hall–Kier alpha value is -1.02. The van der Waals surface area contributed by atoms with Crippen molar-refractivity contribution >= 4 is 22.6 Å². The first kappa shape index (κ1) is 15.4. The third kappa shape index (κ3) is 2.71. The fourth-order valence-corrected chi connectivity index (χ4v) is 3.42. The van der Waals surface area contributed by atoms with E-state index < -0.39 is 0 Å². The van der Waals surface area contributed by atoms with Crippen LogP contribution in [-0.2, 0) is 6.42 Å². The van der Waals surface area contributed by atoms with Crippen LogP contribution in [0.5, 0.6) is 0 Å². The van der Waals surface area contributed by atoms with Crippen molar-refractivity contribution in [1.29, 1.82) is 0 Å². The molecule has 0 bridgehead atoms. The SMILES string of the molecule is CCC(CC)C(C)n1c(CCCl)nc2cccc(C)c21. The van der Waals surface area contributed by atoms with E-state index in [-0.39, 0.29) is 0 Å². The zero-order chi connectivity index (χ0) is 14.7. The molecule has 2 aromatic rings. The van der Waals surface area contributed by atoms with E-state index in [9.17, 15) is 0 Å². The lowest BCUT2D eigenvalue weighted by atomic mass is 9.95. The van der Waals surface area contributed by atoms with Crippen molar-refractivity contribution in [3.05, 3.63) is 29.6 Å². The summed E-state index contributed by atoms with van der Waals surface area (Å²) in [4.78, 5) is 4.81. The molecule has 2 nitrogen and oxygen atoms in total. The van der Waals surface area contributed by atoms with Gasteiger partial charge in [0.2, 0.25) is 0 Å². The minimum Gasteiger partial charge on any atom is -0.325 e. The Bertz CT molecular complexity index is 570. The summed E-state index contributed by atoms with van der Waals surface area (Å²) < 4.78 is 2.44. The zero-order valence-corrected chi connectivity index (χ0v) is 13.7. The van der Waals surface area contributed by atoms with Crippen LogP contribution in [0.4, 0.5) is 0 Å². The molecule has 0 aliphatic rings. The number of hydrogen-bond donors (Lipinski definition) is 0.